The van der Waals surface area contributed by atoms with Crippen LogP contribution in [0.5, 0.6) is 0 Å². The van der Waals surface area contributed by atoms with Crippen molar-refractivity contribution in [2.24, 2.45) is 0 Å². The van der Waals surface area contributed by atoms with E-state index in [2.05, 4.69) is 27.6 Å². The Kier molecular flexibility index (Phi) is 5.72. The summed E-state index contributed by atoms with van der Waals surface area (Å²) in [6.07, 6.45) is 1.74. The molecule has 1 aromatic carbocycles. The van der Waals surface area contributed by atoms with Gasteiger partial charge in [-0.2, -0.15) is 17.6 Å². The van der Waals surface area contributed by atoms with Crippen LogP contribution in [0.3, 0.4) is 0 Å². The largest absolute Gasteiger partial charge is 0.377 e. The maximum atomic E-state index is 12.4. The first kappa shape index (κ1) is 17.9. The van der Waals surface area contributed by atoms with E-state index < -0.39 is 0 Å². The number of aromatic nitrogens is 3. The Morgan fingerprint density at radius 3 is 3.00 bits per heavy atom. The number of hydrogen-bond donors (Lipinski definition) is 2. The van der Waals surface area contributed by atoms with Gasteiger partial charge in [0, 0.05) is 23.6 Å². The van der Waals surface area contributed by atoms with Gasteiger partial charge in [0.1, 0.15) is 6.33 Å². The van der Waals surface area contributed by atoms with E-state index in [1.54, 1.807) is 6.07 Å². The van der Waals surface area contributed by atoms with Crippen molar-refractivity contribution in [1.82, 2.24) is 19.9 Å². The summed E-state index contributed by atoms with van der Waals surface area (Å²) in [4.78, 5) is 26.3. The number of nitrogens with zero attached hydrogens (tertiary/aromatic N) is 4. The quantitative estimate of drug-likeness (QED) is 0.789. The Labute approximate surface area is 156 Å². The lowest BCUT2D eigenvalue weighted by molar-refractivity contribution is -0.139. The Bertz CT molecular complexity index is 776. The maximum Gasteiger partial charge on any atom is 0.224 e. The second kappa shape index (κ2) is 7.99. The van der Waals surface area contributed by atoms with Crippen LogP contribution in [0.1, 0.15) is 18.0 Å². The topological polar surface area (TPSA) is 94.2 Å². The number of ether oxygens (including phenoxy) is 1. The van der Waals surface area contributed by atoms with Gasteiger partial charge in [-0.15, -0.1) is 0 Å². The van der Waals surface area contributed by atoms with Crippen LogP contribution in [0.25, 0.3) is 11.4 Å². The summed E-state index contributed by atoms with van der Waals surface area (Å²) in [5.74, 6) is 1.13. The lowest BCUT2D eigenvalue weighted by Crippen LogP contribution is -2.43. The minimum Gasteiger partial charge on any atom is -0.377 e. The molecule has 0 unspecified atom stereocenters. The van der Waals surface area contributed by atoms with Crippen molar-refractivity contribution in [2.75, 3.05) is 31.2 Å². The van der Waals surface area contributed by atoms with Crippen LogP contribution in [0.4, 0.5) is 5.95 Å². The van der Waals surface area contributed by atoms with Gasteiger partial charge in [0.2, 0.25) is 11.9 Å². The van der Waals surface area contributed by atoms with E-state index in [0.29, 0.717) is 48.3 Å². The average Bonchev–Trinajstić information content (AvgIpc) is 2.61. The van der Waals surface area contributed by atoms with Gasteiger partial charge in [-0.3, -0.25) is 4.79 Å². The van der Waals surface area contributed by atoms with Crippen LogP contribution < -0.4 is 5.73 Å². The molecule has 1 aliphatic rings. The molecule has 132 valence electrons. The summed E-state index contributed by atoms with van der Waals surface area (Å²) in [5, 5.41) is 0.527. The van der Waals surface area contributed by atoms with Crippen molar-refractivity contribution in [3.05, 3.63) is 35.1 Å². The second-order valence-electron chi connectivity index (χ2n) is 5.59. The number of nitrogen functional groups attached to an aromatic ring is 1. The van der Waals surface area contributed by atoms with Crippen LogP contribution in [-0.2, 0) is 9.53 Å². The molecule has 1 saturated heterocycles. The maximum absolute atomic E-state index is 12.4. The van der Waals surface area contributed by atoms with Gasteiger partial charge in [-0.1, -0.05) is 11.6 Å². The van der Waals surface area contributed by atoms with Crippen molar-refractivity contribution >= 4 is 36.1 Å². The van der Waals surface area contributed by atoms with Gasteiger partial charge in [-0.05, 0) is 29.5 Å². The van der Waals surface area contributed by atoms with Crippen molar-refractivity contribution < 1.29 is 9.53 Å². The fourth-order valence-corrected chi connectivity index (χ4v) is 3.23. The lowest BCUT2D eigenvalue weighted by Gasteiger charge is -2.36. The van der Waals surface area contributed by atoms with Crippen LogP contribution in [-0.4, -0.2) is 51.3 Å². The molecule has 0 saturated carbocycles. The van der Waals surface area contributed by atoms with Gasteiger partial charge in [0.15, 0.2) is 5.82 Å². The third-order valence-electron chi connectivity index (χ3n) is 3.93. The molecule has 0 bridgehead atoms. The van der Waals surface area contributed by atoms with Gasteiger partial charge >= 0.3 is 0 Å². The van der Waals surface area contributed by atoms with E-state index >= 15 is 0 Å². The first-order valence-corrected chi connectivity index (χ1v) is 8.83. The van der Waals surface area contributed by atoms with E-state index in [0.717, 1.165) is 5.56 Å². The van der Waals surface area contributed by atoms with E-state index in [-0.39, 0.29) is 17.9 Å². The molecule has 1 aliphatic heterocycles. The number of benzene rings is 1. The monoisotopic (exact) mass is 379 g/mol. The number of hydrogen-bond acceptors (Lipinski definition) is 7. The highest BCUT2D eigenvalue weighted by atomic mass is 35.5. The molecule has 1 amide bonds. The van der Waals surface area contributed by atoms with E-state index in [4.69, 9.17) is 22.1 Å². The average molecular weight is 380 g/mol. The lowest BCUT2D eigenvalue weighted by atomic mass is 10.0. The van der Waals surface area contributed by atoms with E-state index in [1.165, 1.54) is 6.33 Å². The Morgan fingerprint density at radius 2 is 2.24 bits per heavy atom. The van der Waals surface area contributed by atoms with Crippen molar-refractivity contribution in [2.45, 2.75) is 12.5 Å². The van der Waals surface area contributed by atoms with Gasteiger partial charge in [-0.25, -0.2) is 9.97 Å². The molecule has 3 rings (SSSR count). The van der Waals surface area contributed by atoms with Gasteiger partial charge < -0.3 is 15.4 Å². The highest BCUT2D eigenvalue weighted by Crippen LogP contribution is 2.31. The molecule has 2 N–H and O–H groups in total. The van der Waals surface area contributed by atoms with E-state index in [9.17, 15) is 4.79 Å². The summed E-state index contributed by atoms with van der Waals surface area (Å²) in [5.41, 5.74) is 7.22. The number of morpholine rings is 1. The molecular formula is C16H18ClN5O2S. The molecule has 0 radical (unpaired) electrons. The molecule has 2 heterocycles. The first-order valence-electron chi connectivity index (χ1n) is 7.82. The van der Waals surface area contributed by atoms with Gasteiger partial charge in [0.25, 0.3) is 0 Å². The predicted molar refractivity (Wildman–Crippen MR) is 98.4 cm³/mol. The zero-order valence-electron chi connectivity index (χ0n) is 13.4. The summed E-state index contributed by atoms with van der Waals surface area (Å²) in [6.45, 7) is 1.47. The molecule has 7 nitrogen and oxygen atoms in total. The fraction of sp³-hybridized carbons (Fsp3) is 0.375. The highest BCUT2D eigenvalue weighted by molar-refractivity contribution is 7.80. The molecular weight excluding hydrogens is 362 g/mol. The minimum absolute atomic E-state index is 0.0502. The van der Waals surface area contributed by atoms with Crippen molar-refractivity contribution in [1.29, 1.82) is 0 Å². The molecule has 0 spiro atoms. The molecule has 1 aromatic heterocycles. The molecule has 25 heavy (non-hydrogen) atoms. The van der Waals surface area contributed by atoms with Crippen molar-refractivity contribution in [3.8, 4) is 11.4 Å². The minimum atomic E-state index is -0.210. The number of carbonyl (C=O) groups is 1. The zero-order chi connectivity index (χ0) is 17.8. The van der Waals surface area contributed by atoms with Crippen LogP contribution in [0.15, 0.2) is 24.5 Å². The van der Waals surface area contributed by atoms with Crippen LogP contribution in [0, 0.1) is 0 Å². The molecule has 1 fully saturated rings. The Balaban J connectivity index is 1.96. The Morgan fingerprint density at radius 1 is 1.40 bits per heavy atom. The third kappa shape index (κ3) is 4.20. The smallest absolute Gasteiger partial charge is 0.224 e. The third-order valence-corrected chi connectivity index (χ3v) is 4.37. The van der Waals surface area contributed by atoms with Crippen LogP contribution >= 0.6 is 24.2 Å². The van der Waals surface area contributed by atoms with Crippen LogP contribution in [0.2, 0.25) is 5.02 Å². The fourth-order valence-electron chi connectivity index (χ4n) is 2.80. The van der Waals surface area contributed by atoms with E-state index in [1.807, 2.05) is 17.0 Å². The zero-order valence-corrected chi connectivity index (χ0v) is 15.1. The summed E-state index contributed by atoms with van der Waals surface area (Å²) in [7, 11) is 0. The predicted octanol–water partition coefficient (Wildman–Crippen LogP) is 1.99. The van der Waals surface area contributed by atoms with Crippen molar-refractivity contribution in [3.63, 3.8) is 0 Å². The van der Waals surface area contributed by atoms with Gasteiger partial charge in [0.05, 0.1) is 19.3 Å². The first-order chi connectivity index (χ1) is 12.1. The standard InChI is InChI=1S/C16H18ClN5O2S/c17-12-6-10(5-11(7-12)15-19-9-20-16(18)21-15)13-8-24-3-2-22(13)14(23)1-4-25/h5-7,9,13,25H,1-4,8H2,(H2,18,19,20,21)/t13-/m0/s1. The summed E-state index contributed by atoms with van der Waals surface area (Å²) in [6, 6.07) is 5.28. The normalized spacial score (nSPS) is 17.5. The number of nitrogens with two attached hydrogens (primary N) is 1. The molecule has 1 atom stereocenters. The molecule has 2 aromatic rings. The number of carbonyl (C=O) groups excluding carboxylic acids is 1. The number of amides is 1. The number of anilines is 1. The summed E-state index contributed by atoms with van der Waals surface area (Å²) >= 11 is 10.4. The number of rotatable bonds is 4. The summed E-state index contributed by atoms with van der Waals surface area (Å²) < 4.78 is 5.58. The number of thiol groups is 1. The highest BCUT2D eigenvalue weighted by Gasteiger charge is 2.28. The molecule has 9 heteroatoms. The Hall–Kier alpha value is -1.90. The number of halogens is 1. The molecule has 0 aliphatic carbocycles. The second-order valence-corrected chi connectivity index (χ2v) is 6.48. The SMILES string of the molecule is Nc1ncnc(-c2cc(Cl)cc([C@@H]3COCCN3C(=O)CCS)c2)n1.